The van der Waals surface area contributed by atoms with Gasteiger partial charge in [-0.2, -0.15) is 0 Å². The van der Waals surface area contributed by atoms with Gasteiger partial charge in [-0.3, -0.25) is 4.79 Å². The summed E-state index contributed by atoms with van der Waals surface area (Å²) in [6, 6.07) is 1.58. The van der Waals surface area contributed by atoms with Crippen molar-refractivity contribution in [3.8, 4) is 94.7 Å². The van der Waals surface area contributed by atoms with Crippen molar-refractivity contribution >= 4 is 28.2 Å². The van der Waals surface area contributed by atoms with E-state index in [0.717, 1.165) is 4.88 Å². The molecule has 0 aliphatic heterocycles. The first-order chi connectivity index (χ1) is 15.6. The molecule has 0 saturated heterocycles. The molecule has 1 rings (SSSR count). The van der Waals surface area contributed by atoms with Crippen LogP contribution in [0.3, 0.4) is 0 Å². The molecule has 0 aliphatic rings. The van der Waals surface area contributed by atoms with E-state index in [2.05, 4.69) is 100 Å². The molecule has 0 atom stereocenters. The summed E-state index contributed by atoms with van der Waals surface area (Å²) in [5.74, 6) is 38.3. The average molecular weight is 434 g/mol. The van der Waals surface area contributed by atoms with Gasteiger partial charge in [0.15, 0.2) is 0 Å². The Kier molecular flexibility index (Phi) is 12.5. The van der Waals surface area contributed by atoms with E-state index in [0.29, 0.717) is 5.00 Å². The van der Waals surface area contributed by atoms with Crippen molar-refractivity contribution in [2.45, 2.75) is 20.4 Å². The Balaban J connectivity index is 2.65. The zero-order valence-electron chi connectivity index (χ0n) is 17.2. The number of nitrogens with one attached hydrogen (secondary N) is 1. The number of hydrogen-bond acceptors (Lipinski definition) is 5. The Morgan fingerprint density at radius 1 is 0.906 bits per heavy atom. The summed E-state index contributed by atoms with van der Waals surface area (Å²) in [6.45, 7) is 3.82. The summed E-state index contributed by atoms with van der Waals surface area (Å²) in [7, 11) is 0. The second-order valence-electron chi connectivity index (χ2n) is 4.96. The van der Waals surface area contributed by atoms with Gasteiger partial charge >= 0.3 is 11.9 Å². The number of carbonyl (C=O) groups is 2. The van der Waals surface area contributed by atoms with Crippen LogP contribution in [0.1, 0.15) is 29.1 Å². The van der Waals surface area contributed by atoms with Crippen molar-refractivity contribution in [1.82, 2.24) is 0 Å². The molecule has 0 radical (unpaired) electrons. The molecule has 0 unspecified atom stereocenters. The van der Waals surface area contributed by atoms with Gasteiger partial charge in [0, 0.05) is 17.3 Å². The quantitative estimate of drug-likeness (QED) is 0.554. The Morgan fingerprint density at radius 2 is 1.41 bits per heavy atom. The maximum atomic E-state index is 12.0. The molecule has 0 spiro atoms. The number of ether oxygens (including phenoxy) is 1. The van der Waals surface area contributed by atoms with Gasteiger partial charge in [-0.25, -0.2) is 4.79 Å². The Morgan fingerprint density at radius 3 is 1.88 bits per heavy atom. The van der Waals surface area contributed by atoms with Crippen molar-refractivity contribution in [2.24, 2.45) is 5.73 Å². The van der Waals surface area contributed by atoms with Crippen LogP contribution in [0.2, 0.25) is 0 Å². The van der Waals surface area contributed by atoms with Crippen molar-refractivity contribution in [3.63, 3.8) is 0 Å². The van der Waals surface area contributed by atoms with Crippen molar-refractivity contribution in [1.29, 1.82) is 0 Å². The highest BCUT2D eigenvalue weighted by molar-refractivity contribution is 7.16. The number of rotatable bonds is 4. The lowest BCUT2D eigenvalue weighted by atomic mass is 10.3. The molecule has 3 N–H and O–H groups in total. The van der Waals surface area contributed by atoms with E-state index < -0.39 is 11.9 Å². The lowest BCUT2D eigenvalue weighted by Gasteiger charge is -2.02. The van der Waals surface area contributed by atoms with Crippen molar-refractivity contribution in [2.75, 3.05) is 11.9 Å². The van der Waals surface area contributed by atoms with Crippen LogP contribution >= 0.6 is 11.3 Å². The smallest absolute Gasteiger partial charge is 0.341 e. The fourth-order valence-electron chi connectivity index (χ4n) is 1.66. The lowest BCUT2D eigenvalue weighted by molar-refractivity contribution is -0.111. The second-order valence-corrected chi connectivity index (χ2v) is 6.10. The third-order valence-corrected chi connectivity index (χ3v) is 3.89. The number of nitrogens with two attached hydrogens (primary N) is 1. The van der Waals surface area contributed by atoms with E-state index in [1.54, 1.807) is 19.9 Å². The standard InChI is InChI=1S/C26H14N2O3S/c1-3-5-6-7-8-9-10-11-12-13-14-15-16-17-18-19-24(29)28-25-23(26(30)31-4-2)20-22(21-27)32-25/h20H,4,21,27H2,1-2H3,(H,28,29). The lowest BCUT2D eigenvalue weighted by Crippen LogP contribution is -2.12. The van der Waals surface area contributed by atoms with Crippen molar-refractivity contribution in [3.05, 3.63) is 16.5 Å². The number of thiophene rings is 1. The predicted molar refractivity (Wildman–Crippen MR) is 125 cm³/mol. The fourth-order valence-corrected chi connectivity index (χ4v) is 2.57. The van der Waals surface area contributed by atoms with Gasteiger partial charge < -0.3 is 15.8 Å². The van der Waals surface area contributed by atoms with Crippen LogP contribution in [0, 0.1) is 94.7 Å². The summed E-state index contributed by atoms with van der Waals surface area (Å²) in [5.41, 5.74) is 5.82. The van der Waals surface area contributed by atoms with Gasteiger partial charge in [0.1, 0.15) is 5.00 Å². The molecule has 6 heteroatoms. The zero-order chi connectivity index (χ0) is 23.4. The molecule has 0 aromatic carbocycles. The maximum absolute atomic E-state index is 12.0. The van der Waals surface area contributed by atoms with Gasteiger partial charge in [-0.1, -0.05) is 5.92 Å². The van der Waals surface area contributed by atoms with E-state index in [9.17, 15) is 9.59 Å². The Labute approximate surface area is 191 Å². The van der Waals surface area contributed by atoms with Crippen molar-refractivity contribution < 1.29 is 14.3 Å². The summed E-state index contributed by atoms with van der Waals surface area (Å²) in [6.07, 6.45) is 0. The number of hydrogen-bond donors (Lipinski definition) is 2. The monoisotopic (exact) mass is 434 g/mol. The minimum Gasteiger partial charge on any atom is -0.462 e. The number of anilines is 1. The van der Waals surface area contributed by atoms with Crippen LogP contribution < -0.4 is 11.1 Å². The van der Waals surface area contributed by atoms with Crippen LogP contribution in [0.4, 0.5) is 5.00 Å². The molecule has 152 valence electrons. The van der Waals surface area contributed by atoms with Gasteiger partial charge in [-0.15, -0.1) is 11.3 Å². The van der Waals surface area contributed by atoms with Gasteiger partial charge in [0.2, 0.25) is 0 Å². The van der Waals surface area contributed by atoms with Gasteiger partial charge in [0.05, 0.1) is 12.2 Å². The summed E-state index contributed by atoms with van der Waals surface area (Å²) in [5, 5.41) is 2.85. The average Bonchev–Trinajstić information content (AvgIpc) is 3.19. The highest BCUT2D eigenvalue weighted by atomic mass is 32.1. The first-order valence-electron chi connectivity index (χ1n) is 8.86. The predicted octanol–water partition coefficient (Wildman–Crippen LogP) is 1.37. The first-order valence-corrected chi connectivity index (χ1v) is 9.67. The number of esters is 1. The van der Waals surface area contributed by atoms with E-state index in [4.69, 9.17) is 10.5 Å². The summed E-state index contributed by atoms with van der Waals surface area (Å²) < 4.78 is 4.96. The normalized spacial score (nSPS) is 6.97. The summed E-state index contributed by atoms with van der Waals surface area (Å²) >= 11 is 1.18. The minimum atomic E-state index is -0.633. The van der Waals surface area contributed by atoms with Gasteiger partial charge in [-0.05, 0) is 103 Å². The van der Waals surface area contributed by atoms with Crippen LogP contribution in [-0.4, -0.2) is 18.5 Å². The minimum absolute atomic E-state index is 0.214. The molecule has 1 heterocycles. The topological polar surface area (TPSA) is 81.4 Å². The fraction of sp³-hybridized carbons (Fsp3) is 0.154. The first kappa shape index (κ1) is 25.1. The highest BCUT2D eigenvalue weighted by Crippen LogP contribution is 2.28. The molecule has 0 fully saturated rings. The molecule has 1 aromatic heterocycles. The molecule has 0 aliphatic carbocycles. The largest absolute Gasteiger partial charge is 0.462 e. The van der Waals surface area contributed by atoms with E-state index in [-0.39, 0.29) is 18.7 Å². The maximum Gasteiger partial charge on any atom is 0.341 e. The molecule has 0 saturated carbocycles. The zero-order valence-corrected chi connectivity index (χ0v) is 18.0. The highest BCUT2D eigenvalue weighted by Gasteiger charge is 2.18. The molecule has 32 heavy (non-hydrogen) atoms. The third-order valence-electron chi connectivity index (χ3n) is 2.82. The number of amides is 1. The SMILES string of the molecule is CC#CC#CC#CC#CC#CC#CC#CC#CC(=O)Nc1sc(CN)cc1C(=O)OCC. The second kappa shape index (κ2) is 15.9. The molecule has 1 amide bonds. The molecule has 5 nitrogen and oxygen atoms in total. The van der Waals surface area contributed by atoms with Crippen LogP contribution in [-0.2, 0) is 16.1 Å². The Bertz CT molecular complexity index is 1390. The molecular weight excluding hydrogens is 420 g/mol. The molecular formula is C26H14N2O3S. The van der Waals surface area contributed by atoms with Crippen LogP contribution in [0.15, 0.2) is 6.07 Å². The van der Waals surface area contributed by atoms with E-state index >= 15 is 0 Å². The van der Waals surface area contributed by atoms with E-state index in [1.165, 1.54) is 11.3 Å². The Hall–Kier alpha value is -4.92. The number of carbonyl (C=O) groups excluding carboxylic acids is 2. The van der Waals surface area contributed by atoms with E-state index in [1.807, 2.05) is 0 Å². The van der Waals surface area contributed by atoms with Gasteiger partial charge in [0.25, 0.3) is 0 Å². The van der Waals surface area contributed by atoms with Crippen LogP contribution in [0.25, 0.3) is 0 Å². The van der Waals surface area contributed by atoms with Crippen LogP contribution in [0.5, 0.6) is 0 Å². The third kappa shape index (κ3) is 10.6. The molecule has 1 aromatic rings. The molecule has 0 bridgehead atoms. The summed E-state index contributed by atoms with van der Waals surface area (Å²) in [4.78, 5) is 24.6.